The summed E-state index contributed by atoms with van der Waals surface area (Å²) in [5.41, 5.74) is 2.02. The molecule has 0 aliphatic carbocycles. The van der Waals surface area contributed by atoms with Gasteiger partial charge in [-0.25, -0.2) is 4.79 Å². The number of hydrogen-bond donors (Lipinski definition) is 3. The molecule has 5 rings (SSSR count). The second kappa shape index (κ2) is 9.41. The molecule has 0 unspecified atom stereocenters. The highest BCUT2D eigenvalue weighted by molar-refractivity contribution is 6.32. The van der Waals surface area contributed by atoms with Gasteiger partial charge in [-0.3, -0.25) is 4.79 Å². The molecule has 0 aromatic heterocycles. The first kappa shape index (κ1) is 21.2. The lowest BCUT2D eigenvalue weighted by Crippen LogP contribution is -2.43. The van der Waals surface area contributed by atoms with Gasteiger partial charge in [0.05, 0.1) is 10.6 Å². The smallest absolute Gasteiger partial charge is 0.326 e. The fraction of sp³-hybridized carbons (Fsp3) is 0.304. The minimum atomic E-state index is -1.13. The standard InChI is InChI=1S/C23H23ClN2O5/c24-18-9-14-3-5-21(18)31-8-2-1-7-30-20-6-4-15(16-12-25-13-16)11-17(20)22(27)26-19(10-14)23(28)29/h1-6,9,11,16,19,25H,7-8,10,12-13H2,(H,26,27)(H,28,29)/b2-1+/t19-/m0/s1. The topological polar surface area (TPSA) is 96.9 Å². The molecule has 1 fully saturated rings. The summed E-state index contributed by atoms with van der Waals surface area (Å²) in [4.78, 5) is 24.9. The number of benzene rings is 2. The van der Waals surface area contributed by atoms with Gasteiger partial charge in [-0.05, 0) is 47.5 Å². The zero-order valence-corrected chi connectivity index (χ0v) is 17.5. The van der Waals surface area contributed by atoms with Crippen molar-refractivity contribution in [3.63, 3.8) is 0 Å². The van der Waals surface area contributed by atoms with Gasteiger partial charge in [0.2, 0.25) is 0 Å². The maximum Gasteiger partial charge on any atom is 0.326 e. The highest BCUT2D eigenvalue weighted by atomic mass is 35.5. The fourth-order valence-electron chi connectivity index (χ4n) is 3.50. The predicted molar refractivity (Wildman–Crippen MR) is 116 cm³/mol. The third-order valence-corrected chi connectivity index (χ3v) is 5.67. The fourth-order valence-corrected chi connectivity index (χ4v) is 3.76. The van der Waals surface area contributed by atoms with Crippen LogP contribution in [0.3, 0.4) is 0 Å². The van der Waals surface area contributed by atoms with Crippen LogP contribution in [0, 0.1) is 0 Å². The average molecular weight is 443 g/mol. The number of fused-ring (bicyclic) bond motifs is 9. The molecule has 2 aromatic carbocycles. The molecule has 1 atom stereocenters. The number of nitrogens with one attached hydrogen (secondary N) is 2. The number of ether oxygens (including phenoxy) is 2. The molecule has 31 heavy (non-hydrogen) atoms. The van der Waals surface area contributed by atoms with Crippen molar-refractivity contribution in [2.75, 3.05) is 26.3 Å². The average Bonchev–Trinajstić information content (AvgIpc) is 2.70. The second-order valence-electron chi connectivity index (χ2n) is 7.54. The van der Waals surface area contributed by atoms with E-state index in [9.17, 15) is 14.7 Å². The number of halogens is 1. The van der Waals surface area contributed by atoms with Gasteiger partial charge in [-0.1, -0.05) is 23.7 Å². The molecule has 0 saturated carbocycles. The van der Waals surface area contributed by atoms with Crippen LogP contribution < -0.4 is 20.1 Å². The number of carbonyl (C=O) groups excluding carboxylic acids is 1. The van der Waals surface area contributed by atoms with E-state index in [1.54, 1.807) is 36.4 Å². The van der Waals surface area contributed by atoms with Crippen LogP contribution >= 0.6 is 11.6 Å². The Balaban J connectivity index is 1.67. The number of aliphatic carboxylic acids is 1. The number of carbonyl (C=O) groups is 2. The quantitative estimate of drug-likeness (QED) is 0.619. The Morgan fingerprint density at radius 3 is 2.39 bits per heavy atom. The van der Waals surface area contributed by atoms with Crippen LogP contribution in [0.5, 0.6) is 11.5 Å². The number of carboxylic acids is 1. The molecule has 7 nitrogen and oxygen atoms in total. The van der Waals surface area contributed by atoms with E-state index < -0.39 is 17.9 Å². The van der Waals surface area contributed by atoms with E-state index in [4.69, 9.17) is 21.1 Å². The lowest BCUT2D eigenvalue weighted by Gasteiger charge is -2.28. The van der Waals surface area contributed by atoms with Gasteiger partial charge >= 0.3 is 5.97 Å². The lowest BCUT2D eigenvalue weighted by molar-refractivity contribution is -0.139. The van der Waals surface area contributed by atoms with Gasteiger partial charge in [0.15, 0.2) is 0 Å². The Hall–Kier alpha value is -3.03. The first-order valence-corrected chi connectivity index (χ1v) is 10.5. The highest BCUT2D eigenvalue weighted by Gasteiger charge is 2.26. The Morgan fingerprint density at radius 1 is 1.03 bits per heavy atom. The number of amides is 1. The molecule has 1 saturated heterocycles. The van der Waals surface area contributed by atoms with Crippen LogP contribution in [0.4, 0.5) is 0 Å². The van der Waals surface area contributed by atoms with Crippen molar-refractivity contribution < 1.29 is 24.2 Å². The summed E-state index contributed by atoms with van der Waals surface area (Å²) >= 11 is 6.27. The van der Waals surface area contributed by atoms with E-state index in [1.165, 1.54) is 0 Å². The second-order valence-corrected chi connectivity index (χ2v) is 7.94. The predicted octanol–water partition coefficient (Wildman–Crippen LogP) is 2.78. The first-order chi connectivity index (χ1) is 15.0. The van der Waals surface area contributed by atoms with E-state index in [2.05, 4.69) is 10.6 Å². The van der Waals surface area contributed by atoms with Crippen molar-refractivity contribution in [3.8, 4) is 11.5 Å². The third-order valence-electron chi connectivity index (χ3n) is 5.38. The summed E-state index contributed by atoms with van der Waals surface area (Å²) in [5, 5.41) is 15.9. The van der Waals surface area contributed by atoms with Gasteiger partial charge in [0, 0.05) is 25.4 Å². The van der Waals surface area contributed by atoms with Crippen molar-refractivity contribution in [2.24, 2.45) is 0 Å². The normalized spacial score (nSPS) is 20.5. The van der Waals surface area contributed by atoms with Gasteiger partial charge in [-0.2, -0.15) is 0 Å². The van der Waals surface area contributed by atoms with Crippen LogP contribution in [-0.4, -0.2) is 49.3 Å². The van der Waals surface area contributed by atoms with Gasteiger partial charge < -0.3 is 25.2 Å². The molecule has 3 aliphatic rings. The molecule has 162 valence electrons. The summed E-state index contributed by atoms with van der Waals surface area (Å²) in [6.45, 7) is 2.24. The van der Waals surface area contributed by atoms with Crippen molar-refractivity contribution in [1.29, 1.82) is 0 Å². The van der Waals surface area contributed by atoms with E-state index in [0.29, 0.717) is 40.2 Å². The van der Waals surface area contributed by atoms with Crippen molar-refractivity contribution >= 4 is 23.5 Å². The third kappa shape index (κ3) is 5.00. The molecule has 0 spiro atoms. The molecular formula is C23H23ClN2O5. The summed E-state index contributed by atoms with van der Waals surface area (Å²) in [6, 6.07) is 9.49. The van der Waals surface area contributed by atoms with Crippen LogP contribution in [-0.2, 0) is 11.2 Å². The van der Waals surface area contributed by atoms with Crippen LogP contribution in [0.1, 0.15) is 27.4 Å². The van der Waals surface area contributed by atoms with E-state index in [0.717, 1.165) is 18.7 Å². The van der Waals surface area contributed by atoms with E-state index >= 15 is 0 Å². The molecule has 8 heteroatoms. The molecular weight excluding hydrogens is 420 g/mol. The van der Waals surface area contributed by atoms with Crippen molar-refractivity contribution in [1.82, 2.24) is 10.6 Å². The zero-order chi connectivity index (χ0) is 21.8. The molecule has 0 radical (unpaired) electrons. The summed E-state index contributed by atoms with van der Waals surface area (Å²) < 4.78 is 11.4. The van der Waals surface area contributed by atoms with E-state index in [-0.39, 0.29) is 13.0 Å². The Bertz CT molecular complexity index is 1020. The minimum absolute atomic E-state index is 0.0867. The molecule has 2 aromatic rings. The zero-order valence-electron chi connectivity index (χ0n) is 16.8. The molecule has 3 heterocycles. The minimum Gasteiger partial charge on any atom is -0.489 e. The number of carboxylic acid groups (broad SMARTS) is 1. The van der Waals surface area contributed by atoms with Gasteiger partial charge in [-0.15, -0.1) is 0 Å². The summed E-state index contributed by atoms with van der Waals surface area (Å²) in [7, 11) is 0. The van der Waals surface area contributed by atoms with Crippen LogP contribution in [0.2, 0.25) is 5.02 Å². The van der Waals surface area contributed by atoms with Crippen LogP contribution in [0.25, 0.3) is 0 Å². The van der Waals surface area contributed by atoms with Crippen molar-refractivity contribution in [2.45, 2.75) is 18.4 Å². The Labute approximate surface area is 185 Å². The highest BCUT2D eigenvalue weighted by Crippen LogP contribution is 2.28. The molecule has 1 amide bonds. The van der Waals surface area contributed by atoms with Gasteiger partial charge in [0.1, 0.15) is 30.8 Å². The van der Waals surface area contributed by atoms with E-state index in [1.807, 2.05) is 12.1 Å². The maximum atomic E-state index is 13.1. The molecule has 3 aliphatic heterocycles. The lowest BCUT2D eigenvalue weighted by atomic mass is 9.92. The Kier molecular flexibility index (Phi) is 6.44. The largest absolute Gasteiger partial charge is 0.489 e. The molecule has 3 N–H and O–H groups in total. The van der Waals surface area contributed by atoms with Crippen molar-refractivity contribution in [3.05, 3.63) is 70.3 Å². The summed E-state index contributed by atoms with van der Waals surface area (Å²) in [5.74, 6) is -0.384. The van der Waals surface area contributed by atoms with Crippen LogP contribution in [0.15, 0.2) is 48.6 Å². The first-order valence-electron chi connectivity index (χ1n) is 10.1. The summed E-state index contributed by atoms with van der Waals surface area (Å²) in [6.07, 6.45) is 3.69. The maximum absolute atomic E-state index is 13.1. The Morgan fingerprint density at radius 2 is 1.74 bits per heavy atom. The number of rotatable bonds is 2. The van der Waals surface area contributed by atoms with Gasteiger partial charge in [0.25, 0.3) is 5.91 Å². The SMILES string of the molecule is O=C1N[C@H](C(=O)O)Cc2ccc(c(Cl)c2)OC/C=C/COc2ccc(C3CNC3)cc21. The monoisotopic (exact) mass is 442 g/mol. The molecule has 2 bridgehead atoms. The number of hydrogen-bond acceptors (Lipinski definition) is 5.